The number of nitrogens with zero attached hydrogens (tertiary/aromatic N) is 5. The number of carbonyl (C=O) groups excluding carboxylic acids is 1. The number of H-pyrrole nitrogens is 1. The van der Waals surface area contributed by atoms with E-state index in [1.54, 1.807) is 34.9 Å². The second-order valence-corrected chi connectivity index (χ2v) is 7.85. The van der Waals surface area contributed by atoms with Gasteiger partial charge in [-0.1, -0.05) is 18.5 Å². The van der Waals surface area contributed by atoms with E-state index >= 15 is 0 Å². The number of rotatable bonds is 5. The first-order valence-electron chi connectivity index (χ1n) is 10.2. The van der Waals surface area contributed by atoms with Crippen LogP contribution in [-0.4, -0.2) is 34.8 Å². The predicted molar refractivity (Wildman–Crippen MR) is 125 cm³/mol. The van der Waals surface area contributed by atoms with Gasteiger partial charge in [0.25, 0.3) is 5.91 Å². The molecular formula is C22H19ClN8O2. The molecule has 0 radical (unpaired) electrons. The second kappa shape index (κ2) is 8.06. The Morgan fingerprint density at radius 2 is 2.03 bits per heavy atom. The third kappa shape index (κ3) is 3.80. The molecule has 5 rings (SSSR count). The highest BCUT2D eigenvalue weighted by Gasteiger charge is 2.19. The zero-order valence-electron chi connectivity index (χ0n) is 17.5. The van der Waals surface area contributed by atoms with Gasteiger partial charge in [-0.3, -0.25) is 13.8 Å². The van der Waals surface area contributed by atoms with E-state index in [0.717, 1.165) is 11.0 Å². The summed E-state index contributed by atoms with van der Waals surface area (Å²) >= 11 is 6.03. The predicted octanol–water partition coefficient (Wildman–Crippen LogP) is 2.48. The number of nitrogens with two attached hydrogens (primary N) is 1. The van der Waals surface area contributed by atoms with E-state index in [9.17, 15) is 9.59 Å². The fourth-order valence-electron chi connectivity index (χ4n) is 3.69. The molecular weight excluding hydrogens is 444 g/mol. The Morgan fingerprint density at radius 3 is 2.82 bits per heavy atom. The first-order chi connectivity index (χ1) is 15.9. The minimum absolute atomic E-state index is 0.140. The molecule has 166 valence electrons. The molecule has 0 fully saturated rings. The van der Waals surface area contributed by atoms with Gasteiger partial charge in [0.15, 0.2) is 0 Å². The molecule has 4 heterocycles. The minimum atomic E-state index is -0.513. The number of aromatic amines is 1. The van der Waals surface area contributed by atoms with Gasteiger partial charge in [0, 0.05) is 17.4 Å². The number of nitrogens with one attached hydrogen (secondary N) is 2. The first kappa shape index (κ1) is 20.7. The van der Waals surface area contributed by atoms with Crippen molar-refractivity contribution in [3.63, 3.8) is 0 Å². The van der Waals surface area contributed by atoms with Crippen molar-refractivity contribution in [2.75, 3.05) is 5.73 Å². The van der Waals surface area contributed by atoms with Crippen LogP contribution in [-0.2, 0) is 13.0 Å². The molecule has 33 heavy (non-hydrogen) atoms. The Kier molecular flexibility index (Phi) is 5.06. The lowest BCUT2D eigenvalue weighted by Crippen LogP contribution is -2.26. The molecule has 0 spiro atoms. The smallest absolute Gasteiger partial charge is 0.354 e. The highest BCUT2D eigenvalue weighted by Crippen LogP contribution is 2.19. The lowest BCUT2D eigenvalue weighted by molar-refractivity contribution is 0.0943. The van der Waals surface area contributed by atoms with Crippen molar-refractivity contribution in [1.82, 2.24) is 34.2 Å². The second-order valence-electron chi connectivity index (χ2n) is 7.41. The van der Waals surface area contributed by atoms with Crippen LogP contribution in [0.2, 0.25) is 5.02 Å². The van der Waals surface area contributed by atoms with Crippen LogP contribution in [0, 0.1) is 0 Å². The van der Waals surface area contributed by atoms with Crippen LogP contribution in [0.25, 0.3) is 22.4 Å². The highest BCUT2D eigenvalue weighted by molar-refractivity contribution is 6.31. The summed E-state index contributed by atoms with van der Waals surface area (Å²) in [5.74, 6) is 0.437. The van der Waals surface area contributed by atoms with Crippen LogP contribution in [0.4, 0.5) is 5.82 Å². The molecule has 10 nitrogen and oxygen atoms in total. The molecule has 1 amide bonds. The monoisotopic (exact) mass is 462 g/mol. The summed E-state index contributed by atoms with van der Waals surface area (Å²) in [6.45, 7) is 2.12. The topological polar surface area (TPSA) is 136 Å². The molecule has 0 saturated carbocycles. The van der Waals surface area contributed by atoms with Crippen molar-refractivity contribution < 1.29 is 4.79 Å². The number of benzene rings is 1. The summed E-state index contributed by atoms with van der Waals surface area (Å²) in [6, 6.07) is 10.4. The van der Waals surface area contributed by atoms with Gasteiger partial charge in [-0.2, -0.15) is 4.98 Å². The van der Waals surface area contributed by atoms with Crippen molar-refractivity contribution in [1.29, 1.82) is 0 Å². The Bertz CT molecular complexity index is 1580. The number of halogens is 1. The molecule has 0 bridgehead atoms. The number of aromatic nitrogens is 6. The summed E-state index contributed by atoms with van der Waals surface area (Å²) in [5, 5.41) is 3.50. The quantitative estimate of drug-likeness (QED) is 0.367. The lowest BCUT2D eigenvalue weighted by Gasteiger charge is -2.08. The number of amides is 1. The zero-order chi connectivity index (χ0) is 23.1. The SMILES string of the molecule is CCc1nc2ccc(-n3ccc(N)nc3=O)cn2c1C(=O)NCc1nc2ccc(Cl)cc2[nH]1. The fraction of sp³-hybridized carbons (Fsp3) is 0.136. The summed E-state index contributed by atoms with van der Waals surface area (Å²) in [7, 11) is 0. The van der Waals surface area contributed by atoms with Gasteiger partial charge >= 0.3 is 5.69 Å². The van der Waals surface area contributed by atoms with Gasteiger partial charge < -0.3 is 16.0 Å². The lowest BCUT2D eigenvalue weighted by atomic mass is 10.2. The van der Waals surface area contributed by atoms with E-state index in [1.807, 2.05) is 13.0 Å². The van der Waals surface area contributed by atoms with E-state index in [-0.39, 0.29) is 18.3 Å². The number of hydrogen-bond donors (Lipinski definition) is 3. The van der Waals surface area contributed by atoms with Crippen molar-refractivity contribution in [3.05, 3.63) is 81.5 Å². The molecule has 4 aromatic heterocycles. The number of aryl methyl sites for hydroxylation is 1. The summed E-state index contributed by atoms with van der Waals surface area (Å²) < 4.78 is 3.02. The van der Waals surface area contributed by atoms with Crippen molar-refractivity contribution in [2.45, 2.75) is 19.9 Å². The number of carbonyl (C=O) groups is 1. The van der Waals surface area contributed by atoms with Gasteiger partial charge in [-0.05, 0) is 42.8 Å². The van der Waals surface area contributed by atoms with Crippen LogP contribution < -0.4 is 16.7 Å². The molecule has 4 N–H and O–H groups in total. The summed E-state index contributed by atoms with van der Waals surface area (Å²) in [5.41, 5.74) is 8.79. The molecule has 0 saturated heterocycles. The Morgan fingerprint density at radius 1 is 1.18 bits per heavy atom. The number of nitrogen functional groups attached to an aromatic ring is 1. The van der Waals surface area contributed by atoms with Gasteiger partial charge in [0.1, 0.15) is 23.0 Å². The molecule has 11 heteroatoms. The average Bonchev–Trinajstić information content (AvgIpc) is 3.37. The normalized spacial score (nSPS) is 11.3. The van der Waals surface area contributed by atoms with Crippen molar-refractivity contribution in [3.8, 4) is 5.69 Å². The first-order valence-corrected chi connectivity index (χ1v) is 10.6. The highest BCUT2D eigenvalue weighted by atomic mass is 35.5. The average molecular weight is 463 g/mol. The van der Waals surface area contributed by atoms with Gasteiger partial charge in [-0.15, -0.1) is 0 Å². The zero-order valence-corrected chi connectivity index (χ0v) is 18.3. The fourth-order valence-corrected chi connectivity index (χ4v) is 3.86. The van der Waals surface area contributed by atoms with Gasteiger partial charge in [-0.25, -0.2) is 14.8 Å². The van der Waals surface area contributed by atoms with E-state index in [2.05, 4.69) is 25.3 Å². The molecule has 0 aliphatic heterocycles. The van der Waals surface area contributed by atoms with E-state index in [4.69, 9.17) is 17.3 Å². The third-order valence-corrected chi connectivity index (χ3v) is 5.47. The van der Waals surface area contributed by atoms with Gasteiger partial charge in [0.05, 0.1) is 29.0 Å². The number of fused-ring (bicyclic) bond motifs is 2. The van der Waals surface area contributed by atoms with Crippen LogP contribution in [0.1, 0.15) is 28.9 Å². The van der Waals surface area contributed by atoms with Crippen molar-refractivity contribution in [2.24, 2.45) is 0 Å². The maximum Gasteiger partial charge on any atom is 0.354 e. The number of anilines is 1. The molecule has 0 atom stereocenters. The van der Waals surface area contributed by atoms with Gasteiger partial charge in [0.2, 0.25) is 0 Å². The van der Waals surface area contributed by atoms with E-state index in [0.29, 0.717) is 40.0 Å². The Labute approximate surface area is 192 Å². The number of hydrogen-bond acceptors (Lipinski definition) is 6. The summed E-state index contributed by atoms with van der Waals surface area (Å²) in [4.78, 5) is 41.4. The van der Waals surface area contributed by atoms with Crippen molar-refractivity contribution >= 4 is 40.0 Å². The summed E-state index contributed by atoms with van der Waals surface area (Å²) in [6.07, 6.45) is 3.78. The van der Waals surface area contributed by atoms with E-state index in [1.165, 1.54) is 16.8 Å². The molecule has 0 aliphatic rings. The molecule has 5 aromatic rings. The minimum Gasteiger partial charge on any atom is -0.383 e. The van der Waals surface area contributed by atoms with Crippen LogP contribution in [0.3, 0.4) is 0 Å². The molecule has 1 aromatic carbocycles. The Balaban J connectivity index is 1.48. The molecule has 0 aliphatic carbocycles. The van der Waals surface area contributed by atoms with Crippen LogP contribution in [0.5, 0.6) is 0 Å². The largest absolute Gasteiger partial charge is 0.383 e. The number of imidazole rings is 2. The standard InChI is InChI=1S/C22H19ClN8O2/c1-2-14-20(21(32)25-10-18-26-15-5-3-12(23)9-16(15)27-18)31-11-13(4-6-19(31)28-14)30-8-7-17(24)29-22(30)33/h3-9,11H,2,10H2,1H3,(H,25,32)(H,26,27)(H2,24,29,33). The third-order valence-electron chi connectivity index (χ3n) is 5.24. The number of pyridine rings is 1. The molecule has 0 unspecified atom stereocenters. The van der Waals surface area contributed by atoms with Crippen LogP contribution in [0.15, 0.2) is 53.6 Å². The maximum absolute atomic E-state index is 13.2. The van der Waals surface area contributed by atoms with E-state index < -0.39 is 5.69 Å². The van der Waals surface area contributed by atoms with Crippen LogP contribution >= 0.6 is 11.6 Å². The maximum atomic E-state index is 13.2. The Hall–Kier alpha value is -4.18.